The summed E-state index contributed by atoms with van der Waals surface area (Å²) in [6.07, 6.45) is 2.46. The minimum absolute atomic E-state index is 0.197. The number of piperidine rings is 1. The van der Waals surface area contributed by atoms with Gasteiger partial charge in [0.2, 0.25) is 0 Å². The lowest BCUT2D eigenvalue weighted by atomic mass is 9.98. The number of nitrogens with zero attached hydrogens (tertiary/aromatic N) is 1. The lowest BCUT2D eigenvalue weighted by Gasteiger charge is -2.32. The topological polar surface area (TPSA) is 12.5 Å². The summed E-state index contributed by atoms with van der Waals surface area (Å²) in [7, 11) is 0. The second kappa shape index (κ2) is 8.23. The molecule has 1 atom stereocenters. The zero-order chi connectivity index (χ0) is 15.9. The quantitative estimate of drug-likeness (QED) is 0.790. The molecule has 0 spiro atoms. The maximum Gasteiger partial charge on any atom is 0.123 e. The molecular formula is C20H24FNO. The number of hydrogen-bond acceptors (Lipinski definition) is 2. The highest BCUT2D eigenvalue weighted by Crippen LogP contribution is 2.19. The fourth-order valence-corrected chi connectivity index (χ4v) is 3.20. The standard InChI is InChI=1S/C20H24FNO/c21-20-10-8-18(9-11-20)15-23-16-19-7-4-12-22(14-19)13-17-5-2-1-3-6-17/h1-3,5-6,8-11,19H,4,7,12-16H2. The zero-order valence-electron chi connectivity index (χ0n) is 13.5. The van der Waals surface area contributed by atoms with Crippen molar-refractivity contribution in [2.45, 2.75) is 26.0 Å². The van der Waals surface area contributed by atoms with Crippen molar-refractivity contribution < 1.29 is 9.13 Å². The summed E-state index contributed by atoms with van der Waals surface area (Å²) >= 11 is 0. The molecule has 122 valence electrons. The smallest absolute Gasteiger partial charge is 0.123 e. The molecule has 2 nitrogen and oxygen atoms in total. The highest BCUT2D eigenvalue weighted by Gasteiger charge is 2.20. The molecule has 0 aromatic heterocycles. The Kier molecular flexibility index (Phi) is 5.78. The van der Waals surface area contributed by atoms with E-state index in [0.29, 0.717) is 12.5 Å². The van der Waals surface area contributed by atoms with E-state index in [0.717, 1.165) is 25.3 Å². The third-order valence-electron chi connectivity index (χ3n) is 4.39. The largest absolute Gasteiger partial charge is 0.376 e. The maximum atomic E-state index is 12.9. The van der Waals surface area contributed by atoms with Crippen LogP contribution in [0.1, 0.15) is 24.0 Å². The van der Waals surface area contributed by atoms with Gasteiger partial charge in [0.15, 0.2) is 0 Å². The number of likely N-dealkylation sites (tertiary alicyclic amines) is 1. The van der Waals surface area contributed by atoms with Crippen LogP contribution in [0.25, 0.3) is 0 Å². The Morgan fingerprint density at radius 2 is 1.78 bits per heavy atom. The molecule has 0 N–H and O–H groups in total. The molecule has 1 heterocycles. The predicted octanol–water partition coefficient (Wildman–Crippen LogP) is 4.25. The van der Waals surface area contributed by atoms with Crippen LogP contribution in [-0.2, 0) is 17.9 Å². The van der Waals surface area contributed by atoms with Gasteiger partial charge in [0.25, 0.3) is 0 Å². The summed E-state index contributed by atoms with van der Waals surface area (Å²) in [6.45, 7) is 4.63. The van der Waals surface area contributed by atoms with Crippen molar-refractivity contribution in [3.63, 3.8) is 0 Å². The number of hydrogen-bond donors (Lipinski definition) is 0. The van der Waals surface area contributed by atoms with Crippen molar-refractivity contribution in [1.29, 1.82) is 0 Å². The molecule has 2 aromatic carbocycles. The van der Waals surface area contributed by atoms with Gasteiger partial charge in [0, 0.05) is 13.1 Å². The van der Waals surface area contributed by atoms with Crippen LogP contribution in [0, 0.1) is 11.7 Å². The monoisotopic (exact) mass is 313 g/mol. The summed E-state index contributed by atoms with van der Waals surface area (Å²) in [5.74, 6) is 0.394. The van der Waals surface area contributed by atoms with Crippen LogP contribution in [0.5, 0.6) is 0 Å². The molecule has 3 rings (SSSR count). The molecule has 1 saturated heterocycles. The van der Waals surface area contributed by atoms with Crippen LogP contribution >= 0.6 is 0 Å². The van der Waals surface area contributed by atoms with Crippen LogP contribution in [0.3, 0.4) is 0 Å². The first kappa shape index (κ1) is 16.2. The van der Waals surface area contributed by atoms with Crippen LogP contribution in [0.2, 0.25) is 0 Å². The average molecular weight is 313 g/mol. The predicted molar refractivity (Wildman–Crippen MR) is 90.5 cm³/mol. The third-order valence-corrected chi connectivity index (χ3v) is 4.39. The van der Waals surface area contributed by atoms with E-state index in [1.165, 1.54) is 37.1 Å². The first-order chi connectivity index (χ1) is 11.3. The molecule has 0 amide bonds. The molecule has 0 radical (unpaired) electrons. The van der Waals surface area contributed by atoms with Gasteiger partial charge in [0.1, 0.15) is 5.82 Å². The third kappa shape index (κ3) is 5.15. The lowest BCUT2D eigenvalue weighted by Crippen LogP contribution is -2.36. The van der Waals surface area contributed by atoms with E-state index in [1.807, 2.05) is 0 Å². The summed E-state index contributed by atoms with van der Waals surface area (Å²) in [6, 6.07) is 17.2. The Morgan fingerprint density at radius 1 is 1.00 bits per heavy atom. The SMILES string of the molecule is Fc1ccc(COCC2CCCN(Cc3ccccc3)C2)cc1. The molecule has 1 aliphatic heterocycles. The van der Waals surface area contributed by atoms with Crippen LogP contribution in [0.15, 0.2) is 54.6 Å². The number of ether oxygens (including phenoxy) is 1. The van der Waals surface area contributed by atoms with Crippen molar-refractivity contribution in [2.24, 2.45) is 5.92 Å². The van der Waals surface area contributed by atoms with Crippen LogP contribution in [0.4, 0.5) is 4.39 Å². The van der Waals surface area contributed by atoms with Crippen molar-refractivity contribution >= 4 is 0 Å². The highest BCUT2D eigenvalue weighted by atomic mass is 19.1. The van der Waals surface area contributed by atoms with E-state index in [-0.39, 0.29) is 5.82 Å². The molecule has 23 heavy (non-hydrogen) atoms. The normalized spacial score (nSPS) is 18.9. The van der Waals surface area contributed by atoms with E-state index < -0.39 is 0 Å². The van der Waals surface area contributed by atoms with Gasteiger partial charge < -0.3 is 4.74 Å². The summed E-state index contributed by atoms with van der Waals surface area (Å²) in [4.78, 5) is 2.52. The molecule has 2 aromatic rings. The van der Waals surface area contributed by atoms with Gasteiger partial charge in [0.05, 0.1) is 13.2 Å². The minimum atomic E-state index is -0.197. The Balaban J connectivity index is 1.42. The summed E-state index contributed by atoms with van der Waals surface area (Å²) < 4.78 is 18.7. The zero-order valence-corrected chi connectivity index (χ0v) is 13.5. The second-order valence-electron chi connectivity index (χ2n) is 6.37. The maximum absolute atomic E-state index is 12.9. The molecule has 3 heteroatoms. The van der Waals surface area contributed by atoms with Crippen LogP contribution in [-0.4, -0.2) is 24.6 Å². The van der Waals surface area contributed by atoms with Gasteiger partial charge in [-0.3, -0.25) is 4.90 Å². The van der Waals surface area contributed by atoms with Crippen LogP contribution < -0.4 is 0 Å². The molecule has 1 unspecified atom stereocenters. The van der Waals surface area contributed by atoms with Gasteiger partial charge in [-0.1, -0.05) is 42.5 Å². The molecule has 1 fully saturated rings. The van der Waals surface area contributed by atoms with E-state index in [2.05, 4.69) is 35.2 Å². The van der Waals surface area contributed by atoms with E-state index in [1.54, 1.807) is 12.1 Å². The van der Waals surface area contributed by atoms with E-state index >= 15 is 0 Å². The summed E-state index contributed by atoms with van der Waals surface area (Å²) in [5.41, 5.74) is 2.41. The minimum Gasteiger partial charge on any atom is -0.376 e. The number of halogens is 1. The number of benzene rings is 2. The molecule has 1 aliphatic rings. The van der Waals surface area contributed by atoms with E-state index in [4.69, 9.17) is 4.74 Å². The van der Waals surface area contributed by atoms with Crippen molar-refractivity contribution in [2.75, 3.05) is 19.7 Å². The fourth-order valence-electron chi connectivity index (χ4n) is 3.20. The summed E-state index contributed by atoms with van der Waals surface area (Å²) in [5, 5.41) is 0. The molecule has 0 bridgehead atoms. The molecule has 0 saturated carbocycles. The van der Waals surface area contributed by atoms with Crippen molar-refractivity contribution in [3.8, 4) is 0 Å². The molecule has 0 aliphatic carbocycles. The highest BCUT2D eigenvalue weighted by molar-refractivity contribution is 5.15. The Morgan fingerprint density at radius 3 is 2.57 bits per heavy atom. The average Bonchev–Trinajstić information content (AvgIpc) is 2.58. The van der Waals surface area contributed by atoms with Crippen molar-refractivity contribution in [1.82, 2.24) is 4.90 Å². The molecular weight excluding hydrogens is 289 g/mol. The van der Waals surface area contributed by atoms with Gasteiger partial charge >= 0.3 is 0 Å². The Labute approximate surface area is 137 Å². The fraction of sp³-hybridized carbons (Fsp3) is 0.400. The lowest BCUT2D eigenvalue weighted by molar-refractivity contribution is 0.0496. The van der Waals surface area contributed by atoms with Gasteiger partial charge in [-0.25, -0.2) is 4.39 Å². The first-order valence-corrected chi connectivity index (χ1v) is 8.38. The Hall–Kier alpha value is -1.71. The van der Waals surface area contributed by atoms with Gasteiger partial charge in [-0.15, -0.1) is 0 Å². The second-order valence-corrected chi connectivity index (χ2v) is 6.37. The van der Waals surface area contributed by atoms with Gasteiger partial charge in [-0.2, -0.15) is 0 Å². The number of rotatable bonds is 6. The van der Waals surface area contributed by atoms with Gasteiger partial charge in [-0.05, 0) is 48.6 Å². The Bertz CT molecular complexity index is 584. The van der Waals surface area contributed by atoms with E-state index in [9.17, 15) is 4.39 Å². The van der Waals surface area contributed by atoms with Crippen molar-refractivity contribution in [3.05, 3.63) is 71.5 Å². The first-order valence-electron chi connectivity index (χ1n) is 8.38.